The Morgan fingerprint density at radius 2 is 2.18 bits per heavy atom. The minimum atomic E-state index is 0.709. The van der Waals surface area contributed by atoms with Crippen molar-refractivity contribution in [3.63, 3.8) is 0 Å². The highest BCUT2D eigenvalue weighted by Crippen LogP contribution is 2.06. The number of likely N-dealkylation sites (N-methyl/N-ethyl adjacent to an activating group) is 1. The number of hydrogen-bond acceptors (Lipinski definition) is 2. The Morgan fingerprint density at radius 1 is 1.45 bits per heavy atom. The zero-order valence-corrected chi connectivity index (χ0v) is 6.63. The summed E-state index contributed by atoms with van der Waals surface area (Å²) in [5, 5.41) is 3.01. The molecule has 1 N–H and O–H groups in total. The molecule has 59 valence electrons. The summed E-state index contributed by atoms with van der Waals surface area (Å²) in [6, 6.07) is 10.4. The summed E-state index contributed by atoms with van der Waals surface area (Å²) >= 11 is 0. The van der Waals surface area contributed by atoms with Gasteiger partial charge < -0.3 is 10.1 Å². The molecule has 0 fully saturated rings. The number of ether oxygens (including phenoxy) is 1. The Kier molecular flexibility index (Phi) is 3.48. The molecule has 0 heterocycles. The minimum absolute atomic E-state index is 0.709. The smallest absolute Gasteiger partial charge is 0.119 e. The van der Waals surface area contributed by atoms with E-state index in [9.17, 15) is 0 Å². The first kappa shape index (κ1) is 8.08. The largest absolute Gasteiger partial charge is 0.492 e. The van der Waals surface area contributed by atoms with Gasteiger partial charge in [0.25, 0.3) is 0 Å². The van der Waals surface area contributed by atoms with Crippen LogP contribution >= 0.6 is 0 Å². The molecule has 0 atom stereocenters. The fourth-order valence-corrected chi connectivity index (χ4v) is 0.739. The van der Waals surface area contributed by atoms with E-state index in [0.717, 1.165) is 12.3 Å². The summed E-state index contributed by atoms with van der Waals surface area (Å²) in [6.07, 6.45) is 0. The SMILES string of the molecule is CNCCOc1cc[c]cc1. The van der Waals surface area contributed by atoms with E-state index in [0.29, 0.717) is 6.61 Å². The van der Waals surface area contributed by atoms with Crippen molar-refractivity contribution in [1.82, 2.24) is 5.32 Å². The lowest BCUT2D eigenvalue weighted by molar-refractivity contribution is 0.318. The predicted octanol–water partition coefficient (Wildman–Crippen LogP) is 1.08. The van der Waals surface area contributed by atoms with Gasteiger partial charge in [0.2, 0.25) is 0 Å². The Bertz CT molecular complexity index is 186. The van der Waals surface area contributed by atoms with Crippen molar-refractivity contribution >= 4 is 0 Å². The van der Waals surface area contributed by atoms with E-state index in [1.165, 1.54) is 0 Å². The zero-order chi connectivity index (χ0) is 7.94. The first-order valence-electron chi connectivity index (χ1n) is 3.67. The molecule has 1 aromatic carbocycles. The Hall–Kier alpha value is -1.02. The second kappa shape index (κ2) is 4.74. The molecular formula is C9H12NO. The molecule has 0 aliphatic carbocycles. The summed E-state index contributed by atoms with van der Waals surface area (Å²) in [5.74, 6) is 0.902. The van der Waals surface area contributed by atoms with Crippen LogP contribution in [0.15, 0.2) is 24.3 Å². The summed E-state index contributed by atoms with van der Waals surface area (Å²) in [4.78, 5) is 0. The summed E-state index contributed by atoms with van der Waals surface area (Å²) in [5.41, 5.74) is 0. The lowest BCUT2D eigenvalue weighted by Crippen LogP contribution is -2.15. The topological polar surface area (TPSA) is 21.3 Å². The van der Waals surface area contributed by atoms with Crippen LogP contribution in [0.2, 0.25) is 0 Å². The molecule has 0 aliphatic heterocycles. The van der Waals surface area contributed by atoms with Crippen LogP contribution in [0.4, 0.5) is 0 Å². The minimum Gasteiger partial charge on any atom is -0.492 e. The molecule has 1 rings (SSSR count). The van der Waals surface area contributed by atoms with Gasteiger partial charge in [0, 0.05) is 6.54 Å². The third-order valence-electron chi connectivity index (χ3n) is 1.31. The van der Waals surface area contributed by atoms with Crippen LogP contribution in [-0.4, -0.2) is 20.2 Å². The van der Waals surface area contributed by atoms with Crippen LogP contribution < -0.4 is 10.1 Å². The molecule has 2 nitrogen and oxygen atoms in total. The van der Waals surface area contributed by atoms with Gasteiger partial charge in [-0.1, -0.05) is 12.1 Å². The van der Waals surface area contributed by atoms with Gasteiger partial charge in [0.15, 0.2) is 0 Å². The molecule has 0 unspecified atom stereocenters. The highest BCUT2D eigenvalue weighted by atomic mass is 16.5. The first-order chi connectivity index (χ1) is 5.43. The van der Waals surface area contributed by atoms with Crippen LogP contribution in [0.5, 0.6) is 5.75 Å². The van der Waals surface area contributed by atoms with E-state index in [-0.39, 0.29) is 0 Å². The zero-order valence-electron chi connectivity index (χ0n) is 6.63. The van der Waals surface area contributed by atoms with Gasteiger partial charge in [-0.05, 0) is 25.2 Å². The average molecular weight is 150 g/mol. The summed E-state index contributed by atoms with van der Waals surface area (Å²) in [7, 11) is 1.90. The van der Waals surface area contributed by atoms with Crippen molar-refractivity contribution in [2.75, 3.05) is 20.2 Å². The molecular weight excluding hydrogens is 138 g/mol. The highest BCUT2D eigenvalue weighted by Gasteiger charge is 1.88. The van der Waals surface area contributed by atoms with Crippen molar-refractivity contribution < 1.29 is 4.74 Å². The Morgan fingerprint density at radius 3 is 2.82 bits per heavy atom. The van der Waals surface area contributed by atoms with E-state index >= 15 is 0 Å². The third kappa shape index (κ3) is 3.05. The molecule has 0 aromatic heterocycles. The number of nitrogens with one attached hydrogen (secondary N) is 1. The Labute approximate surface area is 67.2 Å². The van der Waals surface area contributed by atoms with E-state index in [1.807, 2.05) is 31.3 Å². The van der Waals surface area contributed by atoms with Crippen LogP contribution in [0, 0.1) is 6.07 Å². The fourth-order valence-electron chi connectivity index (χ4n) is 0.739. The molecule has 0 saturated heterocycles. The Balaban J connectivity index is 2.28. The first-order valence-corrected chi connectivity index (χ1v) is 3.67. The number of benzene rings is 1. The predicted molar refractivity (Wildman–Crippen MR) is 44.7 cm³/mol. The number of hydrogen-bond donors (Lipinski definition) is 1. The van der Waals surface area contributed by atoms with E-state index in [4.69, 9.17) is 4.74 Å². The lowest BCUT2D eigenvalue weighted by atomic mass is 10.3. The quantitative estimate of drug-likeness (QED) is 0.648. The molecule has 0 saturated carbocycles. The maximum absolute atomic E-state index is 5.36. The van der Waals surface area contributed by atoms with Gasteiger partial charge in [-0.2, -0.15) is 0 Å². The van der Waals surface area contributed by atoms with Gasteiger partial charge >= 0.3 is 0 Å². The van der Waals surface area contributed by atoms with Crippen molar-refractivity contribution in [2.24, 2.45) is 0 Å². The standard InChI is InChI=1S/C9H12NO/c1-10-7-8-11-9-5-3-2-4-6-9/h3-6,10H,7-8H2,1H3. The monoisotopic (exact) mass is 150 g/mol. The molecule has 1 radical (unpaired) electrons. The average Bonchev–Trinajstić information content (AvgIpc) is 2.07. The normalized spacial score (nSPS) is 9.55. The molecule has 1 aromatic rings. The van der Waals surface area contributed by atoms with E-state index in [1.54, 1.807) is 0 Å². The van der Waals surface area contributed by atoms with Gasteiger partial charge in [-0.25, -0.2) is 0 Å². The number of rotatable bonds is 4. The molecule has 0 aliphatic rings. The molecule has 0 spiro atoms. The van der Waals surface area contributed by atoms with Crippen molar-refractivity contribution in [2.45, 2.75) is 0 Å². The van der Waals surface area contributed by atoms with Crippen LogP contribution in [0.25, 0.3) is 0 Å². The second-order valence-corrected chi connectivity index (χ2v) is 2.19. The van der Waals surface area contributed by atoms with E-state index < -0.39 is 0 Å². The molecule has 2 heteroatoms. The van der Waals surface area contributed by atoms with Gasteiger partial charge in [-0.15, -0.1) is 0 Å². The van der Waals surface area contributed by atoms with Gasteiger partial charge in [0.05, 0.1) is 0 Å². The summed E-state index contributed by atoms with van der Waals surface area (Å²) in [6.45, 7) is 1.58. The van der Waals surface area contributed by atoms with Crippen LogP contribution in [-0.2, 0) is 0 Å². The van der Waals surface area contributed by atoms with E-state index in [2.05, 4.69) is 11.4 Å². The van der Waals surface area contributed by atoms with Gasteiger partial charge in [0.1, 0.15) is 12.4 Å². The maximum Gasteiger partial charge on any atom is 0.119 e. The second-order valence-electron chi connectivity index (χ2n) is 2.19. The summed E-state index contributed by atoms with van der Waals surface area (Å²) < 4.78 is 5.36. The molecule has 0 amide bonds. The lowest BCUT2D eigenvalue weighted by Gasteiger charge is -2.03. The molecule has 0 bridgehead atoms. The van der Waals surface area contributed by atoms with Crippen molar-refractivity contribution in [3.05, 3.63) is 30.3 Å². The highest BCUT2D eigenvalue weighted by molar-refractivity contribution is 5.20. The van der Waals surface area contributed by atoms with Crippen LogP contribution in [0.3, 0.4) is 0 Å². The van der Waals surface area contributed by atoms with Crippen molar-refractivity contribution in [1.29, 1.82) is 0 Å². The fraction of sp³-hybridized carbons (Fsp3) is 0.333. The van der Waals surface area contributed by atoms with Crippen molar-refractivity contribution in [3.8, 4) is 5.75 Å². The van der Waals surface area contributed by atoms with Crippen LogP contribution in [0.1, 0.15) is 0 Å². The third-order valence-corrected chi connectivity index (χ3v) is 1.31. The maximum atomic E-state index is 5.36. The van der Waals surface area contributed by atoms with Gasteiger partial charge in [-0.3, -0.25) is 0 Å². The molecule has 11 heavy (non-hydrogen) atoms.